The molecule has 0 saturated heterocycles. The fraction of sp³-hybridized carbons (Fsp3) is 0.167. The van der Waals surface area contributed by atoms with Crippen LogP contribution in [0.3, 0.4) is 0 Å². The van der Waals surface area contributed by atoms with Crippen LogP contribution in [0.5, 0.6) is 0 Å². The third-order valence-electron chi connectivity index (χ3n) is 3.70. The number of hydrogen-bond donors (Lipinski definition) is 2. The molecule has 0 unspecified atom stereocenters. The molecule has 0 aliphatic carbocycles. The van der Waals surface area contributed by atoms with Crippen LogP contribution in [-0.2, 0) is 11.3 Å². The molecule has 1 amide bonds. The predicted molar refractivity (Wildman–Crippen MR) is 92.4 cm³/mol. The molecule has 1 heterocycles. The van der Waals surface area contributed by atoms with Crippen LogP contribution in [0.2, 0.25) is 0 Å². The maximum atomic E-state index is 13.9. The molecule has 27 heavy (non-hydrogen) atoms. The largest absolute Gasteiger partial charge is 0.374 e. The van der Waals surface area contributed by atoms with Crippen LogP contribution in [0.25, 0.3) is 11.4 Å². The molecular formula is C18H15F3N4O2. The van der Waals surface area contributed by atoms with Crippen LogP contribution in [0.4, 0.5) is 24.5 Å². The van der Waals surface area contributed by atoms with E-state index in [1.807, 2.05) is 0 Å². The van der Waals surface area contributed by atoms with E-state index in [9.17, 15) is 18.0 Å². The second kappa shape index (κ2) is 7.48. The molecule has 6 nitrogen and oxygen atoms in total. The first-order valence-electron chi connectivity index (χ1n) is 7.93. The normalized spacial score (nSPS) is 10.7. The zero-order chi connectivity index (χ0) is 19.6. The van der Waals surface area contributed by atoms with Gasteiger partial charge in [-0.1, -0.05) is 17.3 Å². The molecule has 140 valence electrons. The van der Waals surface area contributed by atoms with E-state index < -0.39 is 23.4 Å². The highest BCUT2D eigenvalue weighted by atomic mass is 19.1. The van der Waals surface area contributed by atoms with Gasteiger partial charge in [0.15, 0.2) is 0 Å². The molecule has 0 atom stereocenters. The number of aromatic nitrogens is 2. The van der Waals surface area contributed by atoms with E-state index >= 15 is 0 Å². The van der Waals surface area contributed by atoms with Crippen LogP contribution in [0.15, 0.2) is 34.9 Å². The van der Waals surface area contributed by atoms with Crippen molar-refractivity contribution in [3.8, 4) is 11.4 Å². The number of nitrogens with zero attached hydrogens (tertiary/aromatic N) is 2. The van der Waals surface area contributed by atoms with Gasteiger partial charge in [0.2, 0.25) is 17.6 Å². The summed E-state index contributed by atoms with van der Waals surface area (Å²) in [5.41, 5.74) is 0.717. The van der Waals surface area contributed by atoms with Crippen LogP contribution in [-0.4, -0.2) is 16.0 Å². The van der Waals surface area contributed by atoms with Crippen molar-refractivity contribution in [1.82, 2.24) is 10.1 Å². The zero-order valence-electron chi connectivity index (χ0n) is 14.4. The Bertz CT molecular complexity index is 1000. The van der Waals surface area contributed by atoms with E-state index in [1.165, 1.54) is 13.0 Å². The average Bonchev–Trinajstić information content (AvgIpc) is 3.07. The van der Waals surface area contributed by atoms with Gasteiger partial charge in [-0.15, -0.1) is 0 Å². The fourth-order valence-electron chi connectivity index (χ4n) is 2.32. The molecule has 9 heteroatoms. The van der Waals surface area contributed by atoms with Crippen molar-refractivity contribution in [2.45, 2.75) is 20.4 Å². The minimum absolute atomic E-state index is 0.0522. The number of hydrogen-bond acceptors (Lipinski definition) is 5. The molecule has 2 aromatic carbocycles. The van der Waals surface area contributed by atoms with Crippen LogP contribution in [0.1, 0.15) is 18.4 Å². The molecule has 0 bridgehead atoms. The van der Waals surface area contributed by atoms with Crippen molar-refractivity contribution in [3.05, 3.63) is 59.2 Å². The third-order valence-corrected chi connectivity index (χ3v) is 3.70. The number of aryl methyl sites for hydroxylation is 1. The van der Waals surface area contributed by atoms with Gasteiger partial charge in [-0.25, -0.2) is 13.2 Å². The van der Waals surface area contributed by atoms with E-state index in [0.717, 1.165) is 6.07 Å². The van der Waals surface area contributed by atoms with Gasteiger partial charge in [-0.3, -0.25) is 4.79 Å². The first-order chi connectivity index (χ1) is 12.8. The topological polar surface area (TPSA) is 80.0 Å². The van der Waals surface area contributed by atoms with Gasteiger partial charge in [0, 0.05) is 18.6 Å². The number of anilines is 2. The molecule has 1 aromatic heterocycles. The van der Waals surface area contributed by atoms with Crippen molar-refractivity contribution in [2.24, 2.45) is 0 Å². The highest BCUT2D eigenvalue weighted by molar-refractivity contribution is 5.89. The molecule has 0 aliphatic rings. The van der Waals surface area contributed by atoms with E-state index in [0.29, 0.717) is 17.2 Å². The number of benzene rings is 2. The molecular weight excluding hydrogens is 361 g/mol. The summed E-state index contributed by atoms with van der Waals surface area (Å²) in [5.74, 6) is -2.31. The van der Waals surface area contributed by atoms with Crippen LogP contribution < -0.4 is 10.6 Å². The van der Waals surface area contributed by atoms with Gasteiger partial charge >= 0.3 is 0 Å². The van der Waals surface area contributed by atoms with Crippen molar-refractivity contribution < 1.29 is 22.5 Å². The van der Waals surface area contributed by atoms with E-state index in [2.05, 4.69) is 20.8 Å². The van der Waals surface area contributed by atoms with E-state index in [-0.39, 0.29) is 29.6 Å². The van der Waals surface area contributed by atoms with E-state index in [4.69, 9.17) is 4.52 Å². The number of halogens is 3. The molecule has 0 aliphatic heterocycles. The van der Waals surface area contributed by atoms with Gasteiger partial charge < -0.3 is 15.2 Å². The third kappa shape index (κ3) is 4.25. The Balaban J connectivity index is 1.75. The Hall–Kier alpha value is -3.36. The Morgan fingerprint density at radius 3 is 2.52 bits per heavy atom. The maximum absolute atomic E-state index is 13.9. The SMILES string of the molecule is CC(=O)Nc1cc(NCc2nc(-c3ccc(C)c(F)c3)no2)c(F)cc1F. The summed E-state index contributed by atoms with van der Waals surface area (Å²) in [6.07, 6.45) is 0. The lowest BCUT2D eigenvalue weighted by atomic mass is 10.1. The van der Waals surface area contributed by atoms with Crippen LogP contribution >= 0.6 is 0 Å². The summed E-state index contributed by atoms with van der Waals surface area (Å²) in [7, 11) is 0. The summed E-state index contributed by atoms with van der Waals surface area (Å²) >= 11 is 0. The van der Waals surface area contributed by atoms with Crippen molar-refractivity contribution in [3.63, 3.8) is 0 Å². The summed E-state index contributed by atoms with van der Waals surface area (Å²) in [5, 5.41) is 8.72. The lowest BCUT2D eigenvalue weighted by Gasteiger charge is -2.09. The molecule has 3 rings (SSSR count). The number of amides is 1. The van der Waals surface area contributed by atoms with Crippen molar-refractivity contribution >= 4 is 17.3 Å². The monoisotopic (exact) mass is 376 g/mol. The van der Waals surface area contributed by atoms with Gasteiger partial charge in [-0.05, 0) is 24.6 Å². The minimum Gasteiger partial charge on any atom is -0.374 e. The summed E-state index contributed by atoms with van der Waals surface area (Å²) < 4.78 is 46.3. The molecule has 3 aromatic rings. The Morgan fingerprint density at radius 1 is 1.07 bits per heavy atom. The lowest BCUT2D eigenvalue weighted by Crippen LogP contribution is -2.09. The minimum atomic E-state index is -0.894. The zero-order valence-corrected chi connectivity index (χ0v) is 14.4. The van der Waals surface area contributed by atoms with Gasteiger partial charge in [0.25, 0.3) is 0 Å². The first kappa shape index (κ1) is 18.4. The predicted octanol–water partition coefficient (Wildman–Crippen LogP) is 4.03. The Morgan fingerprint density at radius 2 is 1.81 bits per heavy atom. The molecule has 0 radical (unpaired) electrons. The van der Waals surface area contributed by atoms with Crippen molar-refractivity contribution in [2.75, 3.05) is 10.6 Å². The van der Waals surface area contributed by atoms with Gasteiger partial charge in [-0.2, -0.15) is 4.98 Å². The number of carbonyl (C=O) groups is 1. The van der Waals surface area contributed by atoms with Gasteiger partial charge in [0.1, 0.15) is 17.5 Å². The first-order valence-corrected chi connectivity index (χ1v) is 7.93. The van der Waals surface area contributed by atoms with Gasteiger partial charge in [0.05, 0.1) is 17.9 Å². The second-order valence-electron chi connectivity index (χ2n) is 5.82. The fourth-order valence-corrected chi connectivity index (χ4v) is 2.32. The van der Waals surface area contributed by atoms with E-state index in [1.54, 1.807) is 19.1 Å². The summed E-state index contributed by atoms with van der Waals surface area (Å²) in [6.45, 7) is 2.80. The highest BCUT2D eigenvalue weighted by Crippen LogP contribution is 2.24. The smallest absolute Gasteiger partial charge is 0.246 e. The molecule has 2 N–H and O–H groups in total. The number of carbonyl (C=O) groups excluding carboxylic acids is 1. The molecule has 0 saturated carbocycles. The second-order valence-corrected chi connectivity index (χ2v) is 5.82. The Labute approximate surface area is 152 Å². The Kier molecular flexibility index (Phi) is 5.11. The lowest BCUT2D eigenvalue weighted by molar-refractivity contribution is -0.114. The summed E-state index contributed by atoms with van der Waals surface area (Å²) in [6, 6.07) is 6.31. The van der Waals surface area contributed by atoms with Crippen LogP contribution in [0, 0.1) is 24.4 Å². The standard InChI is InChI=1S/C18H15F3N4O2/c1-9-3-4-11(5-12(9)19)18-24-17(27-25-18)8-22-15-7-16(23-10(2)26)14(21)6-13(15)20/h3-7,22H,8H2,1-2H3,(H,23,26). The maximum Gasteiger partial charge on any atom is 0.246 e. The van der Waals surface area contributed by atoms with Crippen molar-refractivity contribution in [1.29, 1.82) is 0 Å². The molecule has 0 fully saturated rings. The quantitative estimate of drug-likeness (QED) is 0.703. The number of rotatable bonds is 5. The number of nitrogens with one attached hydrogen (secondary N) is 2. The highest BCUT2D eigenvalue weighted by Gasteiger charge is 2.14. The summed E-state index contributed by atoms with van der Waals surface area (Å²) in [4.78, 5) is 15.2. The average molecular weight is 376 g/mol. The molecule has 0 spiro atoms.